The number of anilines is 1. The third kappa shape index (κ3) is 3.13. The third-order valence-electron chi connectivity index (χ3n) is 2.37. The number of aryl methyl sites for hydroxylation is 1. The maximum absolute atomic E-state index is 13.6. The Hall–Kier alpha value is -0.700. The second kappa shape index (κ2) is 5.59. The SMILES string of the molecule is Cc1sc(Br)cc1S(=O)(=O)Nc1c(F)cc(F)cc1Cl. The lowest BCUT2D eigenvalue weighted by molar-refractivity contribution is 0.583. The van der Waals surface area contributed by atoms with E-state index in [1.54, 1.807) is 6.92 Å². The first-order valence-electron chi connectivity index (χ1n) is 5.14. The fraction of sp³-hybridized carbons (Fsp3) is 0.0909. The van der Waals surface area contributed by atoms with Gasteiger partial charge in [0.1, 0.15) is 16.4 Å². The van der Waals surface area contributed by atoms with Crippen LogP contribution < -0.4 is 4.72 Å². The molecule has 9 heteroatoms. The van der Waals surface area contributed by atoms with Crippen molar-refractivity contribution in [3.05, 3.63) is 43.5 Å². The average Bonchev–Trinajstić information content (AvgIpc) is 2.64. The molecular formula is C11H7BrClF2NO2S2. The van der Waals surface area contributed by atoms with Gasteiger partial charge in [-0.2, -0.15) is 0 Å². The van der Waals surface area contributed by atoms with Gasteiger partial charge in [0.25, 0.3) is 10.0 Å². The molecule has 0 fully saturated rings. The van der Waals surface area contributed by atoms with E-state index in [-0.39, 0.29) is 9.92 Å². The van der Waals surface area contributed by atoms with Gasteiger partial charge in [-0.25, -0.2) is 17.2 Å². The normalized spacial score (nSPS) is 11.7. The molecule has 0 saturated heterocycles. The zero-order valence-electron chi connectivity index (χ0n) is 9.88. The van der Waals surface area contributed by atoms with Crippen LogP contribution >= 0.6 is 38.9 Å². The van der Waals surface area contributed by atoms with Crippen LogP contribution in [0.3, 0.4) is 0 Å². The molecule has 1 aromatic carbocycles. The molecule has 0 bridgehead atoms. The minimum absolute atomic E-state index is 0.00849. The second-order valence-electron chi connectivity index (χ2n) is 3.82. The van der Waals surface area contributed by atoms with Crippen LogP contribution in [-0.4, -0.2) is 8.42 Å². The van der Waals surface area contributed by atoms with Gasteiger partial charge in [-0.3, -0.25) is 4.72 Å². The molecule has 0 unspecified atom stereocenters. The van der Waals surface area contributed by atoms with E-state index >= 15 is 0 Å². The first kappa shape index (κ1) is 15.7. The largest absolute Gasteiger partial charge is 0.275 e. The maximum atomic E-state index is 13.6. The summed E-state index contributed by atoms with van der Waals surface area (Å²) < 4.78 is 53.6. The number of hydrogen-bond acceptors (Lipinski definition) is 3. The lowest BCUT2D eigenvalue weighted by atomic mass is 10.3. The predicted octanol–water partition coefficient (Wildman–Crippen LogP) is 4.55. The molecule has 20 heavy (non-hydrogen) atoms. The lowest BCUT2D eigenvalue weighted by Gasteiger charge is -2.10. The van der Waals surface area contributed by atoms with Gasteiger partial charge in [0.15, 0.2) is 5.82 Å². The number of rotatable bonds is 3. The smallest absolute Gasteiger partial charge is 0.263 e. The van der Waals surface area contributed by atoms with E-state index in [9.17, 15) is 17.2 Å². The molecule has 0 atom stereocenters. The highest BCUT2D eigenvalue weighted by Gasteiger charge is 2.22. The Morgan fingerprint density at radius 3 is 2.45 bits per heavy atom. The number of nitrogens with one attached hydrogen (secondary N) is 1. The van der Waals surface area contributed by atoms with E-state index in [1.807, 2.05) is 4.72 Å². The highest BCUT2D eigenvalue weighted by molar-refractivity contribution is 9.11. The third-order valence-corrected chi connectivity index (χ3v) is 5.83. The van der Waals surface area contributed by atoms with Gasteiger partial charge >= 0.3 is 0 Å². The predicted molar refractivity (Wildman–Crippen MR) is 78.9 cm³/mol. The molecule has 108 valence electrons. The Labute approximate surface area is 131 Å². The van der Waals surface area contributed by atoms with E-state index in [2.05, 4.69) is 15.9 Å². The average molecular weight is 403 g/mol. The van der Waals surface area contributed by atoms with Crippen LogP contribution in [0, 0.1) is 18.6 Å². The maximum Gasteiger partial charge on any atom is 0.263 e. The van der Waals surface area contributed by atoms with E-state index in [0.717, 1.165) is 6.07 Å². The lowest BCUT2D eigenvalue weighted by Crippen LogP contribution is -2.14. The van der Waals surface area contributed by atoms with Crippen molar-refractivity contribution in [2.75, 3.05) is 4.72 Å². The molecular weight excluding hydrogens is 396 g/mol. The Morgan fingerprint density at radius 1 is 1.30 bits per heavy atom. The molecule has 0 spiro atoms. The highest BCUT2D eigenvalue weighted by atomic mass is 79.9. The number of hydrogen-bond donors (Lipinski definition) is 1. The molecule has 0 aliphatic heterocycles. The van der Waals surface area contributed by atoms with Crippen molar-refractivity contribution in [3.8, 4) is 0 Å². The number of sulfonamides is 1. The van der Waals surface area contributed by atoms with Crippen molar-refractivity contribution < 1.29 is 17.2 Å². The van der Waals surface area contributed by atoms with Gasteiger partial charge in [-0.1, -0.05) is 11.6 Å². The second-order valence-corrected chi connectivity index (χ2v) is 8.51. The van der Waals surface area contributed by atoms with Crippen LogP contribution in [0.2, 0.25) is 5.02 Å². The molecule has 3 nitrogen and oxygen atoms in total. The van der Waals surface area contributed by atoms with Crippen LogP contribution in [0.25, 0.3) is 0 Å². The molecule has 0 aliphatic carbocycles. The summed E-state index contributed by atoms with van der Waals surface area (Å²) >= 11 is 10.1. The van der Waals surface area contributed by atoms with Crippen LogP contribution in [0.15, 0.2) is 26.9 Å². The minimum Gasteiger partial charge on any atom is -0.275 e. The van der Waals surface area contributed by atoms with Crippen molar-refractivity contribution >= 4 is 54.6 Å². The summed E-state index contributed by atoms with van der Waals surface area (Å²) in [5.41, 5.74) is -0.477. The Bertz CT molecular complexity index is 754. The highest BCUT2D eigenvalue weighted by Crippen LogP contribution is 2.33. The van der Waals surface area contributed by atoms with Crippen LogP contribution in [0.4, 0.5) is 14.5 Å². The molecule has 0 saturated carbocycles. The first-order valence-corrected chi connectivity index (χ1v) is 8.61. The van der Waals surface area contributed by atoms with E-state index < -0.39 is 27.3 Å². The van der Waals surface area contributed by atoms with Gasteiger partial charge < -0.3 is 0 Å². The van der Waals surface area contributed by atoms with Gasteiger partial charge in [-0.15, -0.1) is 11.3 Å². The van der Waals surface area contributed by atoms with Gasteiger partial charge in [0, 0.05) is 10.9 Å². The molecule has 0 amide bonds. The first-order chi connectivity index (χ1) is 9.20. The quantitative estimate of drug-likeness (QED) is 0.818. The molecule has 1 aromatic heterocycles. The zero-order chi connectivity index (χ0) is 15.1. The number of thiophene rings is 1. The number of halogens is 4. The molecule has 2 rings (SSSR count). The standard InChI is InChI=1S/C11H7BrClF2NO2S2/c1-5-9(4-10(12)19-5)20(17,18)16-11-7(13)2-6(14)3-8(11)15/h2-4,16H,1H3. The van der Waals surface area contributed by atoms with Gasteiger partial charge in [-0.05, 0) is 35.0 Å². The Balaban J connectivity index is 2.46. The molecule has 0 aliphatic rings. The Kier molecular flexibility index (Phi) is 4.38. The fourth-order valence-corrected chi connectivity index (χ4v) is 5.33. The summed E-state index contributed by atoms with van der Waals surface area (Å²) in [5.74, 6) is -1.96. The van der Waals surface area contributed by atoms with Crippen molar-refractivity contribution in [2.24, 2.45) is 0 Å². The topological polar surface area (TPSA) is 46.2 Å². The Morgan fingerprint density at radius 2 is 1.95 bits per heavy atom. The van der Waals surface area contributed by atoms with E-state index in [4.69, 9.17) is 11.6 Å². The summed E-state index contributed by atoms with van der Waals surface area (Å²) in [7, 11) is -4.00. The monoisotopic (exact) mass is 401 g/mol. The minimum atomic E-state index is -4.00. The van der Waals surface area contributed by atoms with Gasteiger partial charge in [0.05, 0.1) is 8.81 Å². The summed E-state index contributed by atoms with van der Waals surface area (Å²) in [6, 6.07) is 2.79. The summed E-state index contributed by atoms with van der Waals surface area (Å²) in [6.45, 7) is 1.62. The van der Waals surface area contributed by atoms with Crippen molar-refractivity contribution in [2.45, 2.75) is 11.8 Å². The van der Waals surface area contributed by atoms with E-state index in [0.29, 0.717) is 14.7 Å². The zero-order valence-corrected chi connectivity index (χ0v) is 13.9. The molecule has 0 radical (unpaired) electrons. The van der Waals surface area contributed by atoms with Gasteiger partial charge in [0.2, 0.25) is 0 Å². The van der Waals surface area contributed by atoms with Crippen LogP contribution in [-0.2, 0) is 10.0 Å². The molecule has 1 heterocycles. The molecule has 2 aromatic rings. The van der Waals surface area contributed by atoms with E-state index in [1.165, 1.54) is 17.4 Å². The number of benzene rings is 1. The van der Waals surface area contributed by atoms with Crippen LogP contribution in [0.1, 0.15) is 4.88 Å². The summed E-state index contributed by atoms with van der Waals surface area (Å²) in [4.78, 5) is 0.539. The molecule has 1 N–H and O–H groups in total. The van der Waals surface area contributed by atoms with Crippen molar-refractivity contribution in [1.82, 2.24) is 0 Å². The fourth-order valence-electron chi connectivity index (χ4n) is 1.53. The van der Waals surface area contributed by atoms with Crippen molar-refractivity contribution in [1.29, 1.82) is 0 Å². The summed E-state index contributed by atoms with van der Waals surface area (Å²) in [6.07, 6.45) is 0. The van der Waals surface area contributed by atoms with Crippen molar-refractivity contribution in [3.63, 3.8) is 0 Å². The van der Waals surface area contributed by atoms with Crippen LogP contribution in [0.5, 0.6) is 0 Å². The summed E-state index contributed by atoms with van der Waals surface area (Å²) in [5, 5.41) is -0.349.